The van der Waals surface area contributed by atoms with Crippen LogP contribution in [0.5, 0.6) is 0 Å². The van der Waals surface area contributed by atoms with Crippen molar-refractivity contribution < 1.29 is 0 Å². The summed E-state index contributed by atoms with van der Waals surface area (Å²) in [5.41, 5.74) is 0. The monoisotopic (exact) mass is 194 g/mol. The van der Waals surface area contributed by atoms with Crippen LogP contribution < -0.4 is 5.32 Å². The molecule has 1 fully saturated rings. The number of hydrogen-bond donors (Lipinski definition) is 1. The van der Waals surface area contributed by atoms with E-state index in [2.05, 4.69) is 25.2 Å². The number of nitriles is 1. The maximum absolute atomic E-state index is 8.96. The Morgan fingerprint density at radius 3 is 2.79 bits per heavy atom. The zero-order valence-corrected chi connectivity index (χ0v) is 9.42. The summed E-state index contributed by atoms with van der Waals surface area (Å²) in [7, 11) is 0. The molecule has 0 aromatic heterocycles. The highest BCUT2D eigenvalue weighted by atomic mass is 15.0. The van der Waals surface area contributed by atoms with Gasteiger partial charge in [0.1, 0.15) is 0 Å². The van der Waals surface area contributed by atoms with Gasteiger partial charge in [-0.1, -0.05) is 26.7 Å². The van der Waals surface area contributed by atoms with Crippen LogP contribution in [-0.4, -0.2) is 12.1 Å². The Balaban J connectivity index is 2.37. The SMILES string of the molecule is CCCC(CC)NC1CCCC1C#N. The predicted octanol–water partition coefficient (Wildman–Crippen LogP) is 2.85. The van der Waals surface area contributed by atoms with Crippen molar-refractivity contribution in [2.24, 2.45) is 5.92 Å². The predicted molar refractivity (Wildman–Crippen MR) is 58.9 cm³/mol. The number of hydrogen-bond acceptors (Lipinski definition) is 2. The van der Waals surface area contributed by atoms with Gasteiger partial charge in [-0.2, -0.15) is 5.26 Å². The molecule has 0 heterocycles. The van der Waals surface area contributed by atoms with E-state index in [0.717, 1.165) is 6.42 Å². The highest BCUT2D eigenvalue weighted by Crippen LogP contribution is 2.25. The van der Waals surface area contributed by atoms with E-state index in [1.54, 1.807) is 0 Å². The summed E-state index contributed by atoms with van der Waals surface area (Å²) in [5, 5.41) is 12.6. The lowest BCUT2D eigenvalue weighted by Crippen LogP contribution is -2.39. The maximum atomic E-state index is 8.96. The van der Waals surface area contributed by atoms with Gasteiger partial charge in [0.05, 0.1) is 12.0 Å². The van der Waals surface area contributed by atoms with Crippen molar-refractivity contribution in [3.05, 3.63) is 0 Å². The first kappa shape index (κ1) is 11.5. The Morgan fingerprint density at radius 2 is 2.21 bits per heavy atom. The van der Waals surface area contributed by atoms with Crippen LogP contribution in [0.3, 0.4) is 0 Å². The Bertz CT molecular complexity index is 195. The second kappa shape index (κ2) is 6.03. The van der Waals surface area contributed by atoms with E-state index in [-0.39, 0.29) is 5.92 Å². The van der Waals surface area contributed by atoms with Crippen LogP contribution in [0.15, 0.2) is 0 Å². The van der Waals surface area contributed by atoms with Gasteiger partial charge in [-0.3, -0.25) is 0 Å². The summed E-state index contributed by atoms with van der Waals surface area (Å²) >= 11 is 0. The second-order valence-corrected chi connectivity index (χ2v) is 4.33. The van der Waals surface area contributed by atoms with E-state index in [1.807, 2.05) is 0 Å². The van der Waals surface area contributed by atoms with Crippen molar-refractivity contribution >= 4 is 0 Å². The molecule has 0 saturated heterocycles. The van der Waals surface area contributed by atoms with Gasteiger partial charge in [-0.25, -0.2) is 0 Å². The molecular weight excluding hydrogens is 172 g/mol. The standard InChI is InChI=1S/C12H22N2/c1-3-6-11(4-2)14-12-8-5-7-10(12)9-13/h10-12,14H,3-8H2,1-2H3. The Morgan fingerprint density at radius 1 is 1.43 bits per heavy atom. The fraction of sp³-hybridized carbons (Fsp3) is 0.917. The zero-order chi connectivity index (χ0) is 10.4. The third-order valence-electron chi connectivity index (χ3n) is 3.26. The molecule has 0 aliphatic heterocycles. The molecular formula is C12H22N2. The average Bonchev–Trinajstić information content (AvgIpc) is 2.64. The van der Waals surface area contributed by atoms with E-state index in [9.17, 15) is 0 Å². The van der Waals surface area contributed by atoms with Crippen molar-refractivity contribution in [2.45, 2.75) is 64.5 Å². The van der Waals surface area contributed by atoms with Gasteiger partial charge in [0.15, 0.2) is 0 Å². The molecule has 2 heteroatoms. The van der Waals surface area contributed by atoms with Crippen molar-refractivity contribution in [1.82, 2.24) is 5.32 Å². The van der Waals surface area contributed by atoms with E-state index in [0.29, 0.717) is 12.1 Å². The summed E-state index contributed by atoms with van der Waals surface area (Å²) in [4.78, 5) is 0. The lowest BCUT2D eigenvalue weighted by atomic mass is 10.0. The molecule has 0 amide bonds. The molecule has 3 atom stereocenters. The second-order valence-electron chi connectivity index (χ2n) is 4.33. The molecule has 0 aromatic rings. The lowest BCUT2D eigenvalue weighted by Gasteiger charge is -2.23. The van der Waals surface area contributed by atoms with Gasteiger partial charge < -0.3 is 5.32 Å². The lowest BCUT2D eigenvalue weighted by molar-refractivity contribution is 0.370. The molecule has 0 spiro atoms. The van der Waals surface area contributed by atoms with Crippen LogP contribution in [0.4, 0.5) is 0 Å². The van der Waals surface area contributed by atoms with Gasteiger partial charge in [0.25, 0.3) is 0 Å². The first-order chi connectivity index (χ1) is 6.81. The molecule has 1 aliphatic rings. The molecule has 3 unspecified atom stereocenters. The Kier molecular flexibility index (Phi) is 4.97. The van der Waals surface area contributed by atoms with Crippen molar-refractivity contribution in [1.29, 1.82) is 5.26 Å². The van der Waals surface area contributed by atoms with Crippen molar-refractivity contribution in [3.8, 4) is 6.07 Å². The van der Waals surface area contributed by atoms with Crippen LogP contribution in [0.1, 0.15) is 52.4 Å². The first-order valence-electron chi connectivity index (χ1n) is 5.97. The highest BCUT2D eigenvalue weighted by Gasteiger charge is 2.28. The number of nitrogens with one attached hydrogen (secondary N) is 1. The number of rotatable bonds is 5. The molecule has 2 nitrogen and oxygen atoms in total. The molecule has 1 N–H and O–H groups in total. The average molecular weight is 194 g/mol. The highest BCUT2D eigenvalue weighted by molar-refractivity contribution is 4.97. The summed E-state index contributed by atoms with van der Waals surface area (Å²) in [6.45, 7) is 4.45. The van der Waals surface area contributed by atoms with Crippen LogP contribution in [0.2, 0.25) is 0 Å². The Labute approximate surface area is 87.7 Å². The van der Waals surface area contributed by atoms with Gasteiger partial charge in [0, 0.05) is 12.1 Å². The van der Waals surface area contributed by atoms with Crippen molar-refractivity contribution in [3.63, 3.8) is 0 Å². The maximum Gasteiger partial charge on any atom is 0.0672 e. The van der Waals surface area contributed by atoms with Crippen LogP contribution in [0.25, 0.3) is 0 Å². The van der Waals surface area contributed by atoms with E-state index < -0.39 is 0 Å². The molecule has 1 saturated carbocycles. The fourth-order valence-corrected chi connectivity index (χ4v) is 2.37. The van der Waals surface area contributed by atoms with Crippen LogP contribution >= 0.6 is 0 Å². The smallest absolute Gasteiger partial charge is 0.0672 e. The van der Waals surface area contributed by atoms with Gasteiger partial charge >= 0.3 is 0 Å². The quantitative estimate of drug-likeness (QED) is 0.730. The molecule has 1 rings (SSSR count). The van der Waals surface area contributed by atoms with E-state index >= 15 is 0 Å². The van der Waals surface area contributed by atoms with Gasteiger partial charge in [0.2, 0.25) is 0 Å². The minimum Gasteiger partial charge on any atom is -0.310 e. The first-order valence-corrected chi connectivity index (χ1v) is 5.97. The van der Waals surface area contributed by atoms with Gasteiger partial charge in [-0.15, -0.1) is 0 Å². The molecule has 0 radical (unpaired) electrons. The molecule has 0 aromatic carbocycles. The minimum atomic E-state index is 0.265. The normalized spacial score (nSPS) is 28.6. The van der Waals surface area contributed by atoms with Crippen LogP contribution in [-0.2, 0) is 0 Å². The molecule has 1 aliphatic carbocycles. The molecule has 14 heavy (non-hydrogen) atoms. The largest absolute Gasteiger partial charge is 0.310 e. The van der Waals surface area contributed by atoms with Crippen molar-refractivity contribution in [2.75, 3.05) is 0 Å². The Hall–Kier alpha value is -0.550. The summed E-state index contributed by atoms with van der Waals surface area (Å²) in [6, 6.07) is 3.52. The van der Waals surface area contributed by atoms with E-state index in [1.165, 1.54) is 32.1 Å². The molecule has 0 bridgehead atoms. The fourth-order valence-electron chi connectivity index (χ4n) is 2.37. The summed E-state index contributed by atoms with van der Waals surface area (Å²) in [5.74, 6) is 0.265. The minimum absolute atomic E-state index is 0.265. The topological polar surface area (TPSA) is 35.8 Å². The van der Waals surface area contributed by atoms with Crippen LogP contribution in [0, 0.1) is 17.2 Å². The zero-order valence-electron chi connectivity index (χ0n) is 9.42. The third kappa shape index (κ3) is 2.99. The van der Waals surface area contributed by atoms with E-state index in [4.69, 9.17) is 5.26 Å². The van der Waals surface area contributed by atoms with Gasteiger partial charge in [-0.05, 0) is 25.7 Å². The third-order valence-corrected chi connectivity index (χ3v) is 3.26. The molecule has 80 valence electrons. The summed E-state index contributed by atoms with van der Waals surface area (Å²) in [6.07, 6.45) is 7.16. The number of nitrogens with zero attached hydrogens (tertiary/aromatic N) is 1. The summed E-state index contributed by atoms with van der Waals surface area (Å²) < 4.78 is 0.